The largest absolute Gasteiger partial charge is 0.287 e. The first kappa shape index (κ1) is 16.1. The standard InChI is InChI=1S/C18H22Cl2N2/c1-13-5-9-22(10-6-13)17(12-21)18(7-2-8-18)14-3-4-15(19)16(20)11-14/h3-4,11,13,17H,2,5-10H2,1H3. The predicted octanol–water partition coefficient (Wildman–Crippen LogP) is 5.04. The van der Waals surface area contributed by atoms with Crippen molar-refractivity contribution in [1.29, 1.82) is 5.26 Å². The highest BCUT2D eigenvalue weighted by atomic mass is 35.5. The lowest BCUT2D eigenvalue weighted by atomic mass is 9.60. The fourth-order valence-electron chi connectivity index (χ4n) is 3.92. The zero-order chi connectivity index (χ0) is 15.7. The molecule has 1 saturated heterocycles. The van der Waals surface area contributed by atoms with Gasteiger partial charge in [-0.25, -0.2) is 0 Å². The average Bonchev–Trinajstić information content (AvgIpc) is 2.47. The fourth-order valence-corrected chi connectivity index (χ4v) is 4.22. The number of rotatable bonds is 3. The monoisotopic (exact) mass is 336 g/mol. The van der Waals surface area contributed by atoms with Crippen LogP contribution in [-0.2, 0) is 5.41 Å². The van der Waals surface area contributed by atoms with Gasteiger partial charge in [-0.1, -0.05) is 42.6 Å². The lowest BCUT2D eigenvalue weighted by molar-refractivity contribution is 0.0695. The maximum atomic E-state index is 9.88. The molecule has 0 N–H and O–H groups in total. The quantitative estimate of drug-likeness (QED) is 0.773. The molecule has 2 fully saturated rings. The number of likely N-dealkylation sites (tertiary alicyclic amines) is 1. The second-order valence-electron chi connectivity index (χ2n) is 6.89. The number of nitriles is 1. The lowest BCUT2D eigenvalue weighted by Gasteiger charge is -2.50. The van der Waals surface area contributed by atoms with E-state index in [-0.39, 0.29) is 11.5 Å². The molecule has 2 aliphatic rings. The van der Waals surface area contributed by atoms with Gasteiger partial charge in [0.05, 0.1) is 16.1 Å². The van der Waals surface area contributed by atoms with Crippen molar-refractivity contribution in [3.05, 3.63) is 33.8 Å². The highest BCUT2D eigenvalue weighted by molar-refractivity contribution is 6.42. The molecule has 0 spiro atoms. The first-order chi connectivity index (χ1) is 10.6. The van der Waals surface area contributed by atoms with Crippen LogP contribution in [-0.4, -0.2) is 24.0 Å². The van der Waals surface area contributed by atoms with Crippen LogP contribution in [0.1, 0.15) is 44.6 Å². The van der Waals surface area contributed by atoms with E-state index in [2.05, 4.69) is 24.0 Å². The minimum atomic E-state index is -0.0659. The molecule has 4 heteroatoms. The van der Waals surface area contributed by atoms with Crippen LogP contribution in [0, 0.1) is 17.2 Å². The average molecular weight is 337 g/mol. The molecule has 1 aromatic rings. The predicted molar refractivity (Wildman–Crippen MR) is 91.4 cm³/mol. The molecule has 0 radical (unpaired) electrons. The molecule has 2 nitrogen and oxygen atoms in total. The molecule has 1 saturated carbocycles. The van der Waals surface area contributed by atoms with Crippen molar-refractivity contribution < 1.29 is 0 Å². The maximum Gasteiger partial charge on any atom is 0.108 e. The van der Waals surface area contributed by atoms with Crippen LogP contribution >= 0.6 is 23.2 Å². The SMILES string of the molecule is CC1CCN(C(C#N)C2(c3ccc(Cl)c(Cl)c3)CCC2)CC1. The van der Waals surface area contributed by atoms with E-state index in [0.29, 0.717) is 10.0 Å². The lowest BCUT2D eigenvalue weighted by Crippen LogP contribution is -2.55. The third-order valence-corrected chi connectivity index (χ3v) is 6.31. The highest BCUT2D eigenvalue weighted by Crippen LogP contribution is 2.49. The second kappa shape index (κ2) is 6.40. The molecule has 3 rings (SSSR count). The van der Waals surface area contributed by atoms with Gasteiger partial charge in [-0.3, -0.25) is 4.90 Å². The summed E-state index contributed by atoms with van der Waals surface area (Å²) in [4.78, 5) is 2.39. The molecule has 0 bridgehead atoms. The normalized spacial score (nSPS) is 23.5. The summed E-state index contributed by atoms with van der Waals surface area (Å²) in [5.41, 5.74) is 1.11. The van der Waals surface area contributed by atoms with Gasteiger partial charge >= 0.3 is 0 Å². The molecule has 1 aromatic carbocycles. The highest BCUT2D eigenvalue weighted by Gasteiger charge is 2.48. The topological polar surface area (TPSA) is 27.0 Å². The van der Waals surface area contributed by atoms with Crippen molar-refractivity contribution in [2.45, 2.75) is 50.5 Å². The Morgan fingerprint density at radius 1 is 1.23 bits per heavy atom. The number of benzene rings is 1. The van der Waals surface area contributed by atoms with E-state index >= 15 is 0 Å². The van der Waals surface area contributed by atoms with Crippen molar-refractivity contribution >= 4 is 23.2 Å². The fraction of sp³-hybridized carbons (Fsp3) is 0.611. The molecule has 0 amide bonds. The van der Waals surface area contributed by atoms with Crippen molar-refractivity contribution in [2.24, 2.45) is 5.92 Å². The molecule has 1 aliphatic heterocycles. The molecule has 1 atom stereocenters. The molecule has 0 aromatic heterocycles. The van der Waals surface area contributed by atoms with Gasteiger partial charge in [-0.2, -0.15) is 5.26 Å². The number of piperidine rings is 1. The zero-order valence-electron chi connectivity index (χ0n) is 13.0. The third kappa shape index (κ3) is 2.75. The third-order valence-electron chi connectivity index (χ3n) is 5.57. The van der Waals surface area contributed by atoms with E-state index < -0.39 is 0 Å². The van der Waals surface area contributed by atoms with Gasteiger partial charge in [0.25, 0.3) is 0 Å². The summed E-state index contributed by atoms with van der Waals surface area (Å²) in [7, 11) is 0. The minimum Gasteiger partial charge on any atom is -0.287 e. The minimum absolute atomic E-state index is 0.0500. The summed E-state index contributed by atoms with van der Waals surface area (Å²) in [5, 5.41) is 11.1. The summed E-state index contributed by atoms with van der Waals surface area (Å²) in [6.07, 6.45) is 5.69. The first-order valence-electron chi connectivity index (χ1n) is 8.16. The summed E-state index contributed by atoms with van der Waals surface area (Å²) in [5.74, 6) is 0.776. The maximum absolute atomic E-state index is 9.88. The van der Waals surface area contributed by atoms with Crippen LogP contribution in [0.2, 0.25) is 10.0 Å². The van der Waals surface area contributed by atoms with Crippen LogP contribution in [0.5, 0.6) is 0 Å². The number of hydrogen-bond donors (Lipinski definition) is 0. The Morgan fingerprint density at radius 3 is 2.41 bits per heavy atom. The van der Waals surface area contributed by atoms with Crippen molar-refractivity contribution in [3.63, 3.8) is 0 Å². The van der Waals surface area contributed by atoms with Gasteiger partial charge in [-0.05, 0) is 62.4 Å². The smallest absolute Gasteiger partial charge is 0.108 e. The zero-order valence-corrected chi connectivity index (χ0v) is 14.5. The van der Waals surface area contributed by atoms with Crippen LogP contribution in [0.3, 0.4) is 0 Å². The van der Waals surface area contributed by atoms with Gasteiger partial charge in [-0.15, -0.1) is 0 Å². The van der Waals surface area contributed by atoms with Crippen LogP contribution in [0.25, 0.3) is 0 Å². The van der Waals surface area contributed by atoms with E-state index in [1.54, 1.807) is 0 Å². The number of nitrogens with zero attached hydrogens (tertiary/aromatic N) is 2. The molecule has 1 unspecified atom stereocenters. The molecular formula is C18H22Cl2N2. The van der Waals surface area contributed by atoms with Gasteiger partial charge in [0.2, 0.25) is 0 Å². The molecule has 1 heterocycles. The number of hydrogen-bond acceptors (Lipinski definition) is 2. The van der Waals surface area contributed by atoms with E-state index in [0.717, 1.165) is 31.8 Å². The molecule has 22 heavy (non-hydrogen) atoms. The van der Waals surface area contributed by atoms with Crippen LogP contribution in [0.15, 0.2) is 18.2 Å². The van der Waals surface area contributed by atoms with Crippen LogP contribution < -0.4 is 0 Å². The van der Waals surface area contributed by atoms with E-state index in [1.165, 1.54) is 24.8 Å². The summed E-state index contributed by atoms with van der Waals surface area (Å²) in [6.45, 7) is 4.36. The van der Waals surface area contributed by atoms with Crippen LogP contribution in [0.4, 0.5) is 0 Å². The van der Waals surface area contributed by atoms with Gasteiger partial charge < -0.3 is 0 Å². The summed E-state index contributed by atoms with van der Waals surface area (Å²) >= 11 is 12.3. The Bertz CT molecular complexity index is 581. The van der Waals surface area contributed by atoms with E-state index in [4.69, 9.17) is 23.2 Å². The Balaban J connectivity index is 1.90. The van der Waals surface area contributed by atoms with Crippen molar-refractivity contribution in [3.8, 4) is 6.07 Å². The van der Waals surface area contributed by atoms with E-state index in [9.17, 15) is 5.26 Å². The van der Waals surface area contributed by atoms with Gasteiger partial charge in [0.1, 0.15) is 6.04 Å². The van der Waals surface area contributed by atoms with Gasteiger partial charge in [0, 0.05) is 5.41 Å². The Labute approximate surface area is 143 Å². The molecular weight excluding hydrogens is 315 g/mol. The second-order valence-corrected chi connectivity index (χ2v) is 7.70. The summed E-state index contributed by atoms with van der Waals surface area (Å²) in [6, 6.07) is 8.46. The van der Waals surface area contributed by atoms with Crippen molar-refractivity contribution in [1.82, 2.24) is 4.90 Å². The van der Waals surface area contributed by atoms with E-state index in [1.807, 2.05) is 12.1 Å². The Hall–Kier alpha value is -0.750. The van der Waals surface area contributed by atoms with Gasteiger partial charge in [0.15, 0.2) is 0 Å². The molecule has 1 aliphatic carbocycles. The summed E-state index contributed by atoms with van der Waals surface area (Å²) < 4.78 is 0. The Kier molecular flexibility index (Phi) is 4.69. The molecule has 118 valence electrons. The first-order valence-corrected chi connectivity index (χ1v) is 8.91. The van der Waals surface area contributed by atoms with Crippen molar-refractivity contribution in [2.75, 3.05) is 13.1 Å². The Morgan fingerprint density at radius 2 is 1.91 bits per heavy atom. The number of halogens is 2.